The lowest BCUT2D eigenvalue weighted by molar-refractivity contribution is -0.114. The molecule has 4 aromatic rings. The minimum Gasteiger partial charge on any atom is -0.617 e. The molecule has 0 aliphatic carbocycles. The number of aromatic nitrogens is 2. The highest BCUT2D eigenvalue weighted by Crippen LogP contribution is 2.33. The smallest absolute Gasteiger partial charge is 0.242 e. The van der Waals surface area contributed by atoms with Crippen LogP contribution in [0.2, 0.25) is 0 Å². The first-order valence-corrected chi connectivity index (χ1v) is 12.5. The molecule has 2 aromatic heterocycles. The van der Waals surface area contributed by atoms with Crippen molar-refractivity contribution in [1.82, 2.24) is 9.97 Å². The molecule has 0 saturated carbocycles. The predicted octanol–water partition coefficient (Wildman–Crippen LogP) is 5.11. The predicted molar refractivity (Wildman–Crippen MR) is 131 cm³/mol. The number of carbonyl (C=O) groups excluding carboxylic acids is 1. The number of anilines is 3. The Bertz CT molecular complexity index is 1230. The van der Waals surface area contributed by atoms with Gasteiger partial charge in [-0.15, -0.1) is 11.3 Å². The van der Waals surface area contributed by atoms with Crippen molar-refractivity contribution < 1.29 is 14.1 Å². The molecular weight excluding hydrogens is 444 g/mol. The van der Waals surface area contributed by atoms with E-state index in [2.05, 4.69) is 20.6 Å². The Morgan fingerprint density at radius 1 is 1.12 bits per heavy atom. The molecule has 2 heterocycles. The molecule has 164 valence electrons. The number of thiophene rings is 1. The number of hydrogen-bond acceptors (Lipinski definition) is 7. The molecule has 0 saturated heterocycles. The van der Waals surface area contributed by atoms with Crippen molar-refractivity contribution in [3.63, 3.8) is 0 Å². The van der Waals surface area contributed by atoms with Crippen LogP contribution >= 0.6 is 11.3 Å². The van der Waals surface area contributed by atoms with E-state index < -0.39 is 11.2 Å². The van der Waals surface area contributed by atoms with E-state index in [1.165, 1.54) is 18.3 Å². The first-order chi connectivity index (χ1) is 15.5. The number of carbonyl (C=O) groups is 1. The van der Waals surface area contributed by atoms with E-state index in [1.54, 1.807) is 18.4 Å². The molecule has 0 fully saturated rings. The van der Waals surface area contributed by atoms with Gasteiger partial charge >= 0.3 is 0 Å². The van der Waals surface area contributed by atoms with Gasteiger partial charge in [-0.25, -0.2) is 4.98 Å². The highest BCUT2D eigenvalue weighted by Gasteiger charge is 2.12. The molecule has 4 rings (SSSR count). The SMILES string of the molecule is CC(=O)Nc1cccc(Oc2nc(Nc3ccc(CC[S+](C)[O-])cc3)nc3ccsc23)c1. The fraction of sp³-hybridized carbons (Fsp3) is 0.174. The van der Waals surface area contributed by atoms with Crippen molar-refractivity contribution in [2.24, 2.45) is 0 Å². The van der Waals surface area contributed by atoms with Gasteiger partial charge in [-0.3, -0.25) is 4.79 Å². The summed E-state index contributed by atoms with van der Waals surface area (Å²) >= 11 is 0.694. The summed E-state index contributed by atoms with van der Waals surface area (Å²) in [6, 6.07) is 17.0. The van der Waals surface area contributed by atoms with Gasteiger partial charge in [0.25, 0.3) is 0 Å². The molecule has 1 unspecified atom stereocenters. The number of amides is 1. The zero-order valence-electron chi connectivity index (χ0n) is 17.6. The van der Waals surface area contributed by atoms with Gasteiger partial charge in [0.05, 0.1) is 11.8 Å². The molecule has 0 aliphatic heterocycles. The molecule has 0 aliphatic rings. The van der Waals surface area contributed by atoms with Crippen molar-refractivity contribution in [2.75, 3.05) is 22.6 Å². The van der Waals surface area contributed by atoms with Gasteiger partial charge in [0.1, 0.15) is 16.2 Å². The van der Waals surface area contributed by atoms with Crippen LogP contribution in [0.1, 0.15) is 12.5 Å². The van der Waals surface area contributed by atoms with Crippen LogP contribution in [0.15, 0.2) is 60.0 Å². The minimum atomic E-state index is -0.806. The Balaban J connectivity index is 1.55. The summed E-state index contributed by atoms with van der Waals surface area (Å²) in [5, 5.41) is 7.92. The number of aryl methyl sites for hydroxylation is 1. The molecule has 9 heteroatoms. The standard InChI is InChI=1S/C23H22N4O3S2/c1-15(28)24-18-4-3-5-19(14-18)30-22-21-20(10-12-31-21)26-23(27-22)25-17-8-6-16(7-9-17)11-13-32(2)29/h3-10,12,14H,11,13H2,1-2H3,(H,24,28)(H,25,26,27). The first kappa shape index (κ1) is 22.1. The number of hydrogen-bond donors (Lipinski definition) is 2. The molecule has 1 amide bonds. The van der Waals surface area contributed by atoms with E-state index in [9.17, 15) is 9.35 Å². The molecule has 0 spiro atoms. The summed E-state index contributed by atoms with van der Waals surface area (Å²) in [6.07, 6.45) is 2.49. The second-order valence-corrected chi connectivity index (χ2v) is 9.62. The average molecular weight is 467 g/mol. The van der Waals surface area contributed by atoms with Gasteiger partial charge in [-0.2, -0.15) is 4.98 Å². The van der Waals surface area contributed by atoms with Crippen LogP contribution in [0.3, 0.4) is 0 Å². The molecule has 0 radical (unpaired) electrons. The lowest BCUT2D eigenvalue weighted by Gasteiger charge is -2.11. The van der Waals surface area contributed by atoms with Crippen LogP contribution in [0, 0.1) is 0 Å². The summed E-state index contributed by atoms with van der Waals surface area (Å²) in [5.41, 5.74) is 3.40. The van der Waals surface area contributed by atoms with Crippen LogP contribution in [0.25, 0.3) is 10.2 Å². The molecule has 7 nitrogen and oxygen atoms in total. The number of benzene rings is 2. The molecule has 32 heavy (non-hydrogen) atoms. The molecule has 2 N–H and O–H groups in total. The molecular formula is C23H22N4O3S2. The highest BCUT2D eigenvalue weighted by molar-refractivity contribution is 7.90. The lowest BCUT2D eigenvalue weighted by Crippen LogP contribution is -2.06. The van der Waals surface area contributed by atoms with Crippen LogP contribution in [0.5, 0.6) is 11.6 Å². The third-order valence-electron chi connectivity index (χ3n) is 4.53. The van der Waals surface area contributed by atoms with Crippen LogP contribution < -0.4 is 15.4 Å². The Morgan fingerprint density at radius 3 is 2.69 bits per heavy atom. The normalized spacial score (nSPS) is 11.8. The molecule has 1 atom stereocenters. The zero-order valence-corrected chi connectivity index (χ0v) is 19.3. The van der Waals surface area contributed by atoms with Gasteiger partial charge < -0.3 is 19.9 Å². The van der Waals surface area contributed by atoms with Gasteiger partial charge in [0, 0.05) is 30.8 Å². The van der Waals surface area contributed by atoms with Crippen molar-refractivity contribution in [3.05, 3.63) is 65.5 Å². The van der Waals surface area contributed by atoms with Gasteiger partial charge in [-0.1, -0.05) is 29.4 Å². The van der Waals surface area contributed by atoms with Gasteiger partial charge in [0.15, 0.2) is 0 Å². The summed E-state index contributed by atoms with van der Waals surface area (Å²) in [4.78, 5) is 20.5. The van der Waals surface area contributed by atoms with E-state index in [4.69, 9.17) is 4.74 Å². The maximum Gasteiger partial charge on any atom is 0.242 e. The molecule has 2 aromatic carbocycles. The van der Waals surface area contributed by atoms with E-state index >= 15 is 0 Å². The first-order valence-electron chi connectivity index (χ1n) is 9.93. The van der Waals surface area contributed by atoms with E-state index in [0.717, 1.165) is 27.9 Å². The second-order valence-electron chi connectivity index (χ2n) is 7.15. The lowest BCUT2D eigenvalue weighted by atomic mass is 10.1. The fourth-order valence-electron chi connectivity index (χ4n) is 3.06. The number of fused-ring (bicyclic) bond motifs is 1. The summed E-state index contributed by atoms with van der Waals surface area (Å²) in [7, 11) is 0. The summed E-state index contributed by atoms with van der Waals surface area (Å²) < 4.78 is 18.2. The van der Waals surface area contributed by atoms with E-state index in [1.807, 2.05) is 47.8 Å². The average Bonchev–Trinajstić information content (AvgIpc) is 3.22. The van der Waals surface area contributed by atoms with Crippen LogP contribution in [0.4, 0.5) is 17.3 Å². The maximum atomic E-state index is 11.3. The monoisotopic (exact) mass is 466 g/mol. The topological polar surface area (TPSA) is 99.2 Å². The number of ether oxygens (including phenoxy) is 1. The van der Waals surface area contributed by atoms with Crippen LogP contribution in [-0.4, -0.2) is 32.4 Å². The van der Waals surface area contributed by atoms with Gasteiger partial charge in [0.2, 0.25) is 17.7 Å². The number of nitrogens with zero attached hydrogens (tertiary/aromatic N) is 2. The van der Waals surface area contributed by atoms with Crippen LogP contribution in [-0.2, 0) is 22.4 Å². The Hall–Kier alpha value is -3.14. The van der Waals surface area contributed by atoms with E-state index in [0.29, 0.717) is 29.0 Å². The quantitative estimate of drug-likeness (QED) is 0.350. The van der Waals surface area contributed by atoms with Crippen molar-refractivity contribution in [1.29, 1.82) is 0 Å². The van der Waals surface area contributed by atoms with Crippen molar-refractivity contribution in [3.8, 4) is 11.6 Å². The van der Waals surface area contributed by atoms with Crippen molar-refractivity contribution in [2.45, 2.75) is 13.3 Å². The number of nitrogens with one attached hydrogen (secondary N) is 2. The zero-order chi connectivity index (χ0) is 22.5. The summed E-state index contributed by atoms with van der Waals surface area (Å²) in [6.45, 7) is 1.46. The second kappa shape index (κ2) is 9.99. The van der Waals surface area contributed by atoms with Gasteiger partial charge in [-0.05, 0) is 41.3 Å². The summed E-state index contributed by atoms with van der Waals surface area (Å²) in [5.74, 6) is 1.92. The van der Waals surface area contributed by atoms with E-state index in [-0.39, 0.29) is 5.91 Å². The Kier molecular flexibility index (Phi) is 6.89. The molecule has 0 bridgehead atoms. The largest absolute Gasteiger partial charge is 0.617 e. The number of rotatable bonds is 8. The third-order valence-corrected chi connectivity index (χ3v) is 6.20. The Labute approximate surface area is 193 Å². The minimum absolute atomic E-state index is 0.148. The fourth-order valence-corrected chi connectivity index (χ4v) is 4.34. The maximum absolute atomic E-state index is 11.3. The highest BCUT2D eigenvalue weighted by atomic mass is 32.2. The third kappa shape index (κ3) is 5.76. The van der Waals surface area contributed by atoms with Crippen molar-refractivity contribution >= 4 is 56.0 Å². The Morgan fingerprint density at radius 2 is 1.94 bits per heavy atom.